The van der Waals surface area contributed by atoms with Crippen molar-refractivity contribution in [2.45, 2.75) is 31.7 Å². The van der Waals surface area contributed by atoms with Gasteiger partial charge in [0.2, 0.25) is 11.9 Å². The predicted octanol–water partition coefficient (Wildman–Crippen LogP) is 3.04. The van der Waals surface area contributed by atoms with Crippen LogP contribution in [0.4, 0.5) is 11.6 Å². The molecule has 5 rings (SSSR count). The Labute approximate surface area is 239 Å². The van der Waals surface area contributed by atoms with E-state index in [9.17, 15) is 4.79 Å². The number of benzene rings is 2. The maximum Gasteiger partial charge on any atom is 0.414 e. The molecule has 41 heavy (non-hydrogen) atoms. The molecule has 2 N–H and O–H groups in total. The van der Waals surface area contributed by atoms with Gasteiger partial charge in [0.05, 0.1) is 18.5 Å². The quantitative estimate of drug-likeness (QED) is 0.349. The molecule has 0 bridgehead atoms. The van der Waals surface area contributed by atoms with Crippen molar-refractivity contribution in [1.29, 1.82) is 0 Å². The molecule has 0 radical (unpaired) electrons. The lowest BCUT2D eigenvalue weighted by Crippen LogP contribution is -2.47. The van der Waals surface area contributed by atoms with Gasteiger partial charge in [0.15, 0.2) is 0 Å². The molecule has 3 aromatic rings. The lowest BCUT2D eigenvalue weighted by Gasteiger charge is -2.33. The van der Waals surface area contributed by atoms with Crippen LogP contribution in [0.1, 0.15) is 30.9 Å². The van der Waals surface area contributed by atoms with Crippen molar-refractivity contribution in [3.05, 3.63) is 84.2 Å². The van der Waals surface area contributed by atoms with E-state index in [1.165, 1.54) is 0 Å². The Morgan fingerprint density at radius 3 is 2.15 bits per heavy atom. The van der Waals surface area contributed by atoms with E-state index in [4.69, 9.17) is 19.8 Å². The zero-order valence-electron chi connectivity index (χ0n) is 22.9. The van der Waals surface area contributed by atoms with Crippen molar-refractivity contribution < 1.29 is 24.6 Å². The Bertz CT molecular complexity index is 1400. The molecule has 2 aliphatic rings. The monoisotopic (exact) mass is 555 g/mol. The number of anilines is 2. The SMILES string of the molecule is CCC1(CC#CCN2CCN(c3ncccn3)CC2)C(=O)N(Cc2ccccc2)c2ccccc21.O=C(O)C(=O)O. The molecule has 2 aliphatic heterocycles. The second kappa shape index (κ2) is 13.5. The van der Waals surface area contributed by atoms with Crippen molar-refractivity contribution >= 4 is 29.5 Å². The van der Waals surface area contributed by atoms with Crippen LogP contribution >= 0.6 is 0 Å². The van der Waals surface area contributed by atoms with Gasteiger partial charge in [-0.05, 0) is 29.7 Å². The summed E-state index contributed by atoms with van der Waals surface area (Å²) in [6.45, 7) is 7.05. The molecule has 0 aliphatic carbocycles. The molecule has 1 atom stereocenters. The number of carbonyl (C=O) groups is 3. The largest absolute Gasteiger partial charge is 0.473 e. The molecule has 212 valence electrons. The van der Waals surface area contributed by atoms with Crippen molar-refractivity contribution in [2.75, 3.05) is 42.5 Å². The second-order valence-electron chi connectivity index (χ2n) is 9.78. The van der Waals surface area contributed by atoms with Crippen LogP contribution < -0.4 is 9.80 Å². The topological polar surface area (TPSA) is 127 Å². The average Bonchev–Trinajstić information content (AvgIpc) is 3.24. The lowest BCUT2D eigenvalue weighted by atomic mass is 9.76. The number of carboxylic acids is 2. The van der Waals surface area contributed by atoms with Crippen LogP contribution in [0.2, 0.25) is 0 Å². The highest BCUT2D eigenvalue weighted by Crippen LogP contribution is 2.46. The molecular weight excluding hydrogens is 522 g/mol. The first-order valence-corrected chi connectivity index (χ1v) is 13.5. The first kappa shape index (κ1) is 29.2. The van der Waals surface area contributed by atoms with Crippen LogP contribution in [0.25, 0.3) is 0 Å². The summed E-state index contributed by atoms with van der Waals surface area (Å²) in [5.74, 6) is 4.06. The molecule has 1 aromatic heterocycles. The van der Waals surface area contributed by atoms with Crippen LogP contribution in [-0.2, 0) is 26.3 Å². The number of hydrogen-bond donors (Lipinski definition) is 2. The molecule has 2 aromatic carbocycles. The zero-order valence-corrected chi connectivity index (χ0v) is 22.9. The Kier molecular flexibility index (Phi) is 9.66. The summed E-state index contributed by atoms with van der Waals surface area (Å²) in [5.41, 5.74) is 2.67. The van der Waals surface area contributed by atoms with E-state index in [1.54, 1.807) is 12.4 Å². The fourth-order valence-electron chi connectivity index (χ4n) is 5.10. The van der Waals surface area contributed by atoms with E-state index < -0.39 is 17.4 Å². The summed E-state index contributed by atoms with van der Waals surface area (Å²) in [7, 11) is 0. The molecule has 10 nitrogen and oxygen atoms in total. The van der Waals surface area contributed by atoms with Gasteiger partial charge in [0.25, 0.3) is 0 Å². The van der Waals surface area contributed by atoms with E-state index in [-0.39, 0.29) is 5.91 Å². The minimum atomic E-state index is -1.82. The van der Waals surface area contributed by atoms with E-state index in [1.807, 2.05) is 41.3 Å². The first-order chi connectivity index (χ1) is 19.9. The van der Waals surface area contributed by atoms with Crippen molar-refractivity contribution in [3.63, 3.8) is 0 Å². The van der Waals surface area contributed by atoms with Gasteiger partial charge in [-0.15, -0.1) is 5.92 Å². The van der Waals surface area contributed by atoms with E-state index in [0.717, 1.165) is 55.4 Å². The Morgan fingerprint density at radius 2 is 1.51 bits per heavy atom. The van der Waals surface area contributed by atoms with E-state index in [0.29, 0.717) is 19.5 Å². The van der Waals surface area contributed by atoms with Crippen molar-refractivity contribution in [2.24, 2.45) is 0 Å². The number of para-hydroxylation sites is 1. The molecular formula is C31H33N5O5. The van der Waals surface area contributed by atoms with Crippen LogP contribution in [-0.4, -0.2) is 75.7 Å². The van der Waals surface area contributed by atoms with Crippen molar-refractivity contribution in [3.8, 4) is 11.8 Å². The zero-order chi connectivity index (χ0) is 29.2. The maximum atomic E-state index is 13.8. The standard InChI is InChI=1S/C29H31N5O.C2H2O4/c1-2-29(15-8-9-18-32-19-21-33(22-20-32)28-30-16-10-17-31-28)25-13-6-7-14-26(25)34(27(29)35)23-24-11-4-3-5-12-24;3-1(4)2(5)6/h3-7,10-14,16-17H,2,15,18-23H2,1H3;(H,3,4)(H,5,6). The van der Waals surface area contributed by atoms with Gasteiger partial charge in [-0.25, -0.2) is 19.6 Å². The molecule has 1 amide bonds. The average molecular weight is 556 g/mol. The third-order valence-corrected chi connectivity index (χ3v) is 7.36. The number of amides is 1. The molecule has 0 saturated carbocycles. The number of rotatable bonds is 6. The summed E-state index contributed by atoms with van der Waals surface area (Å²) >= 11 is 0. The third-order valence-electron chi connectivity index (χ3n) is 7.36. The summed E-state index contributed by atoms with van der Waals surface area (Å²) in [6.07, 6.45) is 4.85. The molecule has 1 fully saturated rings. The number of carbonyl (C=O) groups excluding carboxylic acids is 1. The van der Waals surface area contributed by atoms with Gasteiger partial charge >= 0.3 is 11.9 Å². The molecule has 0 spiro atoms. The van der Waals surface area contributed by atoms with Gasteiger partial charge in [0.1, 0.15) is 0 Å². The number of aliphatic carboxylic acids is 2. The van der Waals surface area contributed by atoms with Gasteiger partial charge < -0.3 is 20.0 Å². The van der Waals surface area contributed by atoms with E-state index in [2.05, 4.69) is 62.8 Å². The fraction of sp³-hybridized carbons (Fsp3) is 0.323. The van der Waals surface area contributed by atoms with E-state index >= 15 is 0 Å². The fourth-order valence-corrected chi connectivity index (χ4v) is 5.10. The predicted molar refractivity (Wildman–Crippen MR) is 154 cm³/mol. The summed E-state index contributed by atoms with van der Waals surface area (Å²) in [4.78, 5) is 47.2. The van der Waals surface area contributed by atoms with Crippen LogP contribution in [0.5, 0.6) is 0 Å². The minimum Gasteiger partial charge on any atom is -0.473 e. The highest BCUT2D eigenvalue weighted by Gasteiger charge is 2.48. The highest BCUT2D eigenvalue weighted by atomic mass is 16.4. The lowest BCUT2D eigenvalue weighted by molar-refractivity contribution is -0.159. The number of carboxylic acid groups (broad SMARTS) is 2. The molecule has 3 heterocycles. The Morgan fingerprint density at radius 1 is 0.878 bits per heavy atom. The first-order valence-electron chi connectivity index (χ1n) is 13.5. The van der Waals surface area contributed by atoms with Crippen LogP contribution in [0.3, 0.4) is 0 Å². The third kappa shape index (κ3) is 6.88. The number of hydrogen-bond acceptors (Lipinski definition) is 7. The normalized spacial score (nSPS) is 18.0. The summed E-state index contributed by atoms with van der Waals surface area (Å²) < 4.78 is 0. The van der Waals surface area contributed by atoms with Crippen molar-refractivity contribution in [1.82, 2.24) is 14.9 Å². The smallest absolute Gasteiger partial charge is 0.414 e. The Hall–Kier alpha value is -4.75. The number of fused-ring (bicyclic) bond motifs is 1. The molecule has 1 unspecified atom stereocenters. The van der Waals surface area contributed by atoms with Gasteiger partial charge in [-0.2, -0.15) is 0 Å². The molecule has 1 saturated heterocycles. The Balaban J connectivity index is 0.000000585. The minimum absolute atomic E-state index is 0.163. The summed E-state index contributed by atoms with van der Waals surface area (Å²) in [5, 5.41) is 14.8. The van der Waals surface area contributed by atoms with Crippen LogP contribution in [0.15, 0.2) is 73.1 Å². The van der Waals surface area contributed by atoms with Gasteiger partial charge in [-0.3, -0.25) is 9.69 Å². The van der Waals surface area contributed by atoms with Gasteiger partial charge in [-0.1, -0.05) is 61.4 Å². The number of piperazine rings is 1. The van der Waals surface area contributed by atoms with Gasteiger partial charge in [0, 0.05) is 50.7 Å². The summed E-state index contributed by atoms with van der Waals surface area (Å²) in [6, 6.07) is 20.3. The van der Waals surface area contributed by atoms with Crippen LogP contribution in [0, 0.1) is 11.8 Å². The number of aromatic nitrogens is 2. The second-order valence-corrected chi connectivity index (χ2v) is 9.78. The number of nitrogens with zero attached hydrogens (tertiary/aromatic N) is 5. The maximum absolute atomic E-state index is 13.8. The highest BCUT2D eigenvalue weighted by molar-refractivity contribution is 6.27. The molecule has 10 heteroatoms.